The van der Waals surface area contributed by atoms with Gasteiger partial charge in [0.25, 0.3) is 5.91 Å². The molecule has 2 aliphatic carbocycles. The summed E-state index contributed by atoms with van der Waals surface area (Å²) in [5, 5.41) is 0. The van der Waals surface area contributed by atoms with Gasteiger partial charge in [-0.2, -0.15) is 9.98 Å². The molecule has 0 bridgehead atoms. The summed E-state index contributed by atoms with van der Waals surface area (Å²) in [6.45, 7) is 18.3. The Labute approximate surface area is 215 Å². The van der Waals surface area contributed by atoms with Gasteiger partial charge in [-0.15, -0.1) is 0 Å². The highest BCUT2D eigenvalue weighted by Crippen LogP contribution is 2.52. The SMILES string of the molecule is CC1CC(C)(C)CC(N=C=O)(N2C(=O)C(=N[Si](C)(C)C)N(C3(N=C=O)CC(C)CC(C)(C)C3)C2=O)C1. The molecule has 4 unspecified atom stereocenters. The topological polar surface area (TPSA) is 112 Å². The summed E-state index contributed by atoms with van der Waals surface area (Å²) in [4.78, 5) is 62.9. The number of imide groups is 1. The molecule has 3 rings (SSSR count). The number of amidine groups is 1. The Kier molecular flexibility index (Phi) is 7.16. The maximum Gasteiger partial charge on any atom is 0.336 e. The zero-order chi connectivity index (χ0) is 27.3. The summed E-state index contributed by atoms with van der Waals surface area (Å²) in [5.41, 5.74) is -3.15. The highest BCUT2D eigenvalue weighted by molar-refractivity contribution is 6.77. The van der Waals surface area contributed by atoms with E-state index in [-0.39, 0.29) is 28.5 Å². The molecular weight excluding hydrogens is 474 g/mol. The minimum Gasteiger partial charge on any atom is -0.302 e. The van der Waals surface area contributed by atoms with E-state index in [4.69, 9.17) is 4.66 Å². The van der Waals surface area contributed by atoms with E-state index in [1.54, 1.807) is 12.2 Å². The second-order valence-electron chi connectivity index (χ2n) is 13.9. The van der Waals surface area contributed by atoms with Gasteiger partial charge in [0.1, 0.15) is 0 Å². The lowest BCUT2D eigenvalue weighted by Gasteiger charge is -2.49. The number of hydrogen-bond acceptors (Lipinski definition) is 7. The number of nitrogens with zero attached hydrogens (tertiary/aromatic N) is 5. The summed E-state index contributed by atoms with van der Waals surface area (Å²) in [6.07, 6.45) is 6.65. The molecule has 3 amide bonds. The van der Waals surface area contributed by atoms with Crippen molar-refractivity contribution in [3.8, 4) is 0 Å². The van der Waals surface area contributed by atoms with Crippen LogP contribution in [-0.4, -0.2) is 59.3 Å². The number of amides is 3. The minimum absolute atomic E-state index is 0.000395. The normalized spacial score (nSPS) is 35.4. The molecule has 0 aromatic carbocycles. The van der Waals surface area contributed by atoms with Crippen LogP contribution in [0.15, 0.2) is 14.6 Å². The molecule has 3 fully saturated rings. The number of carbonyl (C=O) groups is 2. The molecule has 0 aromatic heterocycles. The molecule has 1 aliphatic heterocycles. The van der Waals surface area contributed by atoms with Crippen molar-refractivity contribution in [3.05, 3.63) is 0 Å². The lowest BCUT2D eigenvalue weighted by Crippen LogP contribution is -2.59. The highest BCUT2D eigenvalue weighted by atomic mass is 28.3. The van der Waals surface area contributed by atoms with Crippen LogP contribution in [0.4, 0.5) is 4.79 Å². The standard InChI is InChI=1S/C26H41N5O4Si/c1-18-10-23(3,4)14-25(12-18,27-16-32)30-20(29-36(7,8)9)21(34)31(22(30)35)26(28-17-33)13-19(2)11-24(5,6)15-26/h18-19H,10-15H2,1-9H3. The molecule has 1 saturated heterocycles. The molecule has 0 aromatic rings. The molecule has 10 heteroatoms. The van der Waals surface area contributed by atoms with Crippen molar-refractivity contribution in [1.29, 1.82) is 0 Å². The molecule has 2 saturated carbocycles. The quantitative estimate of drug-likeness (QED) is 0.216. The van der Waals surface area contributed by atoms with Crippen LogP contribution in [0, 0.1) is 22.7 Å². The molecule has 1 heterocycles. The van der Waals surface area contributed by atoms with Crippen molar-refractivity contribution >= 4 is 38.2 Å². The summed E-state index contributed by atoms with van der Waals surface area (Å²) in [5.74, 6) is -0.317. The molecule has 0 spiro atoms. The number of hydrogen-bond donors (Lipinski definition) is 0. The smallest absolute Gasteiger partial charge is 0.302 e. The number of urea groups is 1. The Bertz CT molecular complexity index is 1070. The second-order valence-corrected chi connectivity index (χ2v) is 18.5. The van der Waals surface area contributed by atoms with Gasteiger partial charge >= 0.3 is 6.03 Å². The number of carbonyl (C=O) groups excluding carboxylic acids is 4. The number of rotatable bonds is 5. The van der Waals surface area contributed by atoms with Crippen molar-refractivity contribution in [2.75, 3.05) is 0 Å². The Balaban J connectivity index is 2.29. The van der Waals surface area contributed by atoms with Gasteiger partial charge in [-0.05, 0) is 80.8 Å². The summed E-state index contributed by atoms with van der Waals surface area (Å²) in [6, 6.07) is -0.621. The molecule has 4 atom stereocenters. The van der Waals surface area contributed by atoms with Gasteiger partial charge < -0.3 is 4.66 Å². The van der Waals surface area contributed by atoms with Crippen LogP contribution in [-0.2, 0) is 14.4 Å². The van der Waals surface area contributed by atoms with E-state index in [0.717, 1.165) is 17.7 Å². The van der Waals surface area contributed by atoms with Crippen molar-refractivity contribution in [3.63, 3.8) is 0 Å². The van der Waals surface area contributed by atoms with Crippen molar-refractivity contribution in [2.24, 2.45) is 37.3 Å². The zero-order valence-corrected chi connectivity index (χ0v) is 24.3. The zero-order valence-electron chi connectivity index (χ0n) is 23.3. The fraction of sp³-hybridized carbons (Fsp3) is 0.808. The van der Waals surface area contributed by atoms with Crippen molar-refractivity contribution < 1.29 is 19.2 Å². The molecule has 36 heavy (non-hydrogen) atoms. The molecule has 0 N–H and O–H groups in total. The van der Waals surface area contributed by atoms with Gasteiger partial charge in [0.05, 0.1) is 0 Å². The first-order valence-electron chi connectivity index (χ1n) is 12.9. The maximum absolute atomic E-state index is 14.4. The third-order valence-corrected chi connectivity index (χ3v) is 8.33. The Morgan fingerprint density at radius 3 is 1.56 bits per heavy atom. The van der Waals surface area contributed by atoms with E-state index in [2.05, 4.69) is 44.6 Å². The fourth-order valence-electron chi connectivity index (χ4n) is 7.38. The Morgan fingerprint density at radius 2 is 1.19 bits per heavy atom. The van der Waals surface area contributed by atoms with Gasteiger partial charge in [-0.1, -0.05) is 41.5 Å². The van der Waals surface area contributed by atoms with E-state index in [1.165, 1.54) is 4.90 Å². The van der Waals surface area contributed by atoms with E-state index >= 15 is 0 Å². The van der Waals surface area contributed by atoms with Crippen LogP contribution >= 0.6 is 0 Å². The first-order chi connectivity index (χ1) is 16.4. The van der Waals surface area contributed by atoms with E-state index < -0.39 is 31.5 Å². The third-order valence-electron chi connectivity index (χ3n) is 7.45. The van der Waals surface area contributed by atoms with Crippen LogP contribution in [0.5, 0.6) is 0 Å². The summed E-state index contributed by atoms with van der Waals surface area (Å²) < 4.78 is 4.83. The maximum atomic E-state index is 14.4. The fourth-order valence-corrected chi connectivity index (χ4v) is 8.21. The lowest BCUT2D eigenvalue weighted by molar-refractivity contribution is -0.127. The largest absolute Gasteiger partial charge is 0.336 e. The monoisotopic (exact) mass is 515 g/mol. The van der Waals surface area contributed by atoms with Gasteiger partial charge in [0.15, 0.2) is 25.4 Å². The van der Waals surface area contributed by atoms with Crippen LogP contribution in [0.25, 0.3) is 0 Å². The first kappa shape index (κ1) is 28.2. The minimum atomic E-state index is -2.27. The predicted molar refractivity (Wildman–Crippen MR) is 140 cm³/mol. The predicted octanol–water partition coefficient (Wildman–Crippen LogP) is 5.24. The van der Waals surface area contributed by atoms with Gasteiger partial charge in [-0.25, -0.2) is 24.2 Å². The van der Waals surface area contributed by atoms with E-state index in [0.29, 0.717) is 25.7 Å². The van der Waals surface area contributed by atoms with Crippen LogP contribution in [0.2, 0.25) is 19.6 Å². The molecule has 9 nitrogen and oxygen atoms in total. The van der Waals surface area contributed by atoms with Crippen LogP contribution < -0.4 is 0 Å². The summed E-state index contributed by atoms with van der Waals surface area (Å²) >= 11 is 0. The highest BCUT2D eigenvalue weighted by Gasteiger charge is 2.63. The van der Waals surface area contributed by atoms with E-state index in [9.17, 15) is 19.2 Å². The third kappa shape index (κ3) is 5.31. The van der Waals surface area contributed by atoms with E-state index in [1.807, 2.05) is 26.6 Å². The van der Waals surface area contributed by atoms with Crippen molar-refractivity contribution in [1.82, 2.24) is 9.80 Å². The molecule has 0 radical (unpaired) electrons. The Morgan fingerprint density at radius 1 is 0.778 bits per heavy atom. The number of aliphatic imine (C=N–C) groups is 2. The first-order valence-corrected chi connectivity index (χ1v) is 16.3. The lowest BCUT2D eigenvalue weighted by atomic mass is 9.67. The van der Waals surface area contributed by atoms with Crippen LogP contribution in [0.1, 0.15) is 80.1 Å². The average molecular weight is 516 g/mol. The molecular formula is C26H41N5O4Si. The van der Waals surface area contributed by atoms with Crippen LogP contribution in [0.3, 0.4) is 0 Å². The van der Waals surface area contributed by atoms with Crippen molar-refractivity contribution in [2.45, 2.75) is 111 Å². The average Bonchev–Trinajstić information content (AvgIpc) is 2.87. The van der Waals surface area contributed by atoms with Gasteiger partial charge in [-0.3, -0.25) is 4.79 Å². The molecule has 3 aliphatic rings. The Hall–Kier alpha value is -2.41. The second kappa shape index (κ2) is 9.16. The number of isocyanates is 2. The van der Waals surface area contributed by atoms with Gasteiger partial charge in [0, 0.05) is 0 Å². The summed E-state index contributed by atoms with van der Waals surface area (Å²) in [7, 11) is -2.27. The van der Waals surface area contributed by atoms with Gasteiger partial charge in [0.2, 0.25) is 12.2 Å². The molecule has 198 valence electrons.